The summed E-state index contributed by atoms with van der Waals surface area (Å²) < 4.78 is 10.3. The van der Waals surface area contributed by atoms with Crippen molar-refractivity contribution < 1.29 is 14.6 Å². The van der Waals surface area contributed by atoms with Gasteiger partial charge in [0.15, 0.2) is 6.29 Å². The molecule has 1 aliphatic rings. The lowest BCUT2D eigenvalue weighted by Crippen LogP contribution is -2.53. The molecule has 0 aromatic heterocycles. The molecule has 0 aliphatic carbocycles. The molecule has 0 aromatic rings. The number of nitrogens with zero attached hydrogens (tertiary/aromatic N) is 3. The molecule has 1 fully saturated rings. The van der Waals surface area contributed by atoms with Gasteiger partial charge in [0.2, 0.25) is 0 Å². The molecule has 3 N–H and O–H groups in total. The van der Waals surface area contributed by atoms with Crippen molar-refractivity contribution in [3.63, 3.8) is 0 Å². The van der Waals surface area contributed by atoms with E-state index in [0.717, 1.165) is 0 Å². The summed E-state index contributed by atoms with van der Waals surface area (Å²) in [5.74, 6) is 0. The van der Waals surface area contributed by atoms with E-state index in [1.807, 2.05) is 0 Å². The average molecular weight is 202 g/mol. The van der Waals surface area contributed by atoms with E-state index in [4.69, 9.17) is 20.7 Å². The third-order valence-electron chi connectivity index (χ3n) is 2.20. The molecule has 7 nitrogen and oxygen atoms in total. The van der Waals surface area contributed by atoms with Crippen molar-refractivity contribution in [2.24, 2.45) is 10.8 Å². The Kier molecular flexibility index (Phi) is 4.12. The van der Waals surface area contributed by atoms with E-state index in [-0.39, 0.29) is 6.54 Å². The van der Waals surface area contributed by atoms with Crippen molar-refractivity contribution in [3.8, 4) is 0 Å². The van der Waals surface area contributed by atoms with Crippen molar-refractivity contribution >= 4 is 0 Å². The minimum Gasteiger partial charge on any atom is -0.389 e. The maximum Gasteiger partial charge on any atom is 0.159 e. The van der Waals surface area contributed by atoms with Crippen LogP contribution in [0.5, 0.6) is 0 Å². The SMILES string of the molecule is CO[C@@H]1C[C@H](N)[C@H](O)[C@@H](CN=[N+]=[N-])O1. The van der Waals surface area contributed by atoms with Gasteiger partial charge in [-0.1, -0.05) is 5.11 Å². The van der Waals surface area contributed by atoms with Gasteiger partial charge in [0.25, 0.3) is 0 Å². The van der Waals surface area contributed by atoms with Crippen LogP contribution in [-0.2, 0) is 9.47 Å². The Morgan fingerprint density at radius 3 is 3.07 bits per heavy atom. The molecule has 1 aliphatic heterocycles. The van der Waals surface area contributed by atoms with E-state index >= 15 is 0 Å². The number of nitrogens with two attached hydrogens (primary N) is 1. The molecule has 4 atom stereocenters. The zero-order valence-electron chi connectivity index (χ0n) is 7.91. The van der Waals surface area contributed by atoms with Crippen LogP contribution in [0.4, 0.5) is 0 Å². The number of rotatable bonds is 3. The highest BCUT2D eigenvalue weighted by Gasteiger charge is 2.35. The standard InChI is InChI=1S/C7H14N4O3/c1-13-6-2-4(8)7(12)5(14-6)3-10-11-9/h4-7,12H,2-3,8H2,1H3/t4-,5+,6-,7-/m0/s1. The molecule has 0 bridgehead atoms. The maximum absolute atomic E-state index is 9.59. The summed E-state index contributed by atoms with van der Waals surface area (Å²) in [5.41, 5.74) is 13.8. The number of aliphatic hydroxyl groups excluding tert-OH is 1. The summed E-state index contributed by atoms with van der Waals surface area (Å²) in [6.07, 6.45) is -1.40. The first-order valence-electron chi connectivity index (χ1n) is 4.31. The zero-order valence-corrected chi connectivity index (χ0v) is 7.91. The third-order valence-corrected chi connectivity index (χ3v) is 2.20. The number of ether oxygens (including phenoxy) is 2. The molecule has 14 heavy (non-hydrogen) atoms. The Hall–Kier alpha value is -0.850. The van der Waals surface area contributed by atoms with Gasteiger partial charge in [-0.2, -0.15) is 0 Å². The Morgan fingerprint density at radius 2 is 2.50 bits per heavy atom. The summed E-state index contributed by atoms with van der Waals surface area (Å²) in [6.45, 7) is 0.0607. The fraction of sp³-hybridized carbons (Fsp3) is 1.00. The van der Waals surface area contributed by atoms with Gasteiger partial charge >= 0.3 is 0 Å². The van der Waals surface area contributed by atoms with Gasteiger partial charge in [-0.25, -0.2) is 0 Å². The van der Waals surface area contributed by atoms with Gasteiger partial charge in [0, 0.05) is 24.5 Å². The second-order valence-electron chi connectivity index (χ2n) is 3.14. The summed E-state index contributed by atoms with van der Waals surface area (Å²) >= 11 is 0. The molecule has 1 heterocycles. The van der Waals surface area contributed by atoms with Crippen molar-refractivity contribution in [1.29, 1.82) is 0 Å². The van der Waals surface area contributed by atoms with Crippen LogP contribution < -0.4 is 5.73 Å². The maximum atomic E-state index is 9.59. The topological polar surface area (TPSA) is 113 Å². The van der Waals surface area contributed by atoms with Crippen LogP contribution in [0.25, 0.3) is 10.4 Å². The quantitative estimate of drug-likeness (QED) is 0.373. The lowest BCUT2D eigenvalue weighted by atomic mass is 10.00. The molecule has 0 unspecified atom stereocenters. The molecular weight excluding hydrogens is 188 g/mol. The Labute approximate surface area is 81.4 Å². The minimum atomic E-state index is -0.813. The van der Waals surface area contributed by atoms with Gasteiger partial charge < -0.3 is 20.3 Å². The number of methoxy groups -OCH3 is 1. The smallest absolute Gasteiger partial charge is 0.159 e. The monoisotopic (exact) mass is 202 g/mol. The molecular formula is C7H14N4O3. The van der Waals surface area contributed by atoms with E-state index in [1.54, 1.807) is 0 Å². The van der Waals surface area contributed by atoms with Gasteiger partial charge in [0.05, 0.1) is 18.8 Å². The van der Waals surface area contributed by atoms with Crippen LogP contribution in [0.3, 0.4) is 0 Å². The predicted molar refractivity (Wildman–Crippen MR) is 48.3 cm³/mol. The van der Waals surface area contributed by atoms with Gasteiger partial charge in [-0.05, 0) is 5.53 Å². The largest absolute Gasteiger partial charge is 0.389 e. The highest BCUT2D eigenvalue weighted by atomic mass is 16.7. The molecule has 80 valence electrons. The van der Waals surface area contributed by atoms with E-state index in [1.165, 1.54) is 7.11 Å². The first-order chi connectivity index (χ1) is 6.69. The normalized spacial score (nSPS) is 37.6. The van der Waals surface area contributed by atoms with E-state index < -0.39 is 24.5 Å². The molecule has 0 radical (unpaired) electrons. The molecule has 0 saturated carbocycles. The first kappa shape index (κ1) is 11.2. The van der Waals surface area contributed by atoms with Crippen molar-refractivity contribution in [1.82, 2.24) is 0 Å². The van der Waals surface area contributed by atoms with Crippen molar-refractivity contribution in [2.75, 3.05) is 13.7 Å². The molecule has 7 heteroatoms. The average Bonchev–Trinajstić information content (AvgIpc) is 2.20. The molecule has 0 spiro atoms. The number of aliphatic hydroxyl groups is 1. The van der Waals surface area contributed by atoms with Gasteiger partial charge in [-0.15, -0.1) is 0 Å². The number of hydrogen-bond donors (Lipinski definition) is 2. The number of hydrogen-bond acceptors (Lipinski definition) is 5. The fourth-order valence-electron chi connectivity index (χ4n) is 1.39. The predicted octanol–water partition coefficient (Wildman–Crippen LogP) is -0.254. The molecule has 0 amide bonds. The third kappa shape index (κ3) is 2.57. The molecule has 1 rings (SSSR count). The summed E-state index contributed by atoms with van der Waals surface area (Å²) in [4.78, 5) is 2.59. The van der Waals surface area contributed by atoms with Crippen LogP contribution in [0.1, 0.15) is 6.42 Å². The van der Waals surface area contributed by atoms with E-state index in [0.29, 0.717) is 6.42 Å². The second kappa shape index (κ2) is 5.14. The van der Waals surface area contributed by atoms with Crippen molar-refractivity contribution in [2.45, 2.75) is 31.0 Å². The van der Waals surface area contributed by atoms with E-state index in [9.17, 15) is 5.11 Å². The van der Waals surface area contributed by atoms with E-state index in [2.05, 4.69) is 10.0 Å². The van der Waals surface area contributed by atoms with Crippen LogP contribution in [0.2, 0.25) is 0 Å². The minimum absolute atomic E-state index is 0.0607. The van der Waals surface area contributed by atoms with Crippen LogP contribution in [0.15, 0.2) is 5.11 Å². The van der Waals surface area contributed by atoms with Crippen LogP contribution in [0, 0.1) is 0 Å². The molecule has 0 aromatic carbocycles. The van der Waals surface area contributed by atoms with Crippen molar-refractivity contribution in [3.05, 3.63) is 10.4 Å². The Morgan fingerprint density at radius 1 is 1.79 bits per heavy atom. The number of azide groups is 1. The van der Waals surface area contributed by atoms with Crippen LogP contribution in [-0.4, -0.2) is 43.3 Å². The zero-order chi connectivity index (χ0) is 10.6. The van der Waals surface area contributed by atoms with Gasteiger partial charge in [0.1, 0.15) is 0 Å². The van der Waals surface area contributed by atoms with Gasteiger partial charge in [-0.3, -0.25) is 0 Å². The Bertz CT molecular complexity index is 231. The Balaban J connectivity index is 2.57. The first-order valence-corrected chi connectivity index (χ1v) is 4.31. The molecule has 1 saturated heterocycles. The lowest BCUT2D eigenvalue weighted by Gasteiger charge is -2.36. The second-order valence-corrected chi connectivity index (χ2v) is 3.14. The highest BCUT2D eigenvalue weighted by molar-refractivity contribution is 4.86. The lowest BCUT2D eigenvalue weighted by molar-refractivity contribution is -0.213. The summed E-state index contributed by atoms with van der Waals surface area (Å²) in [7, 11) is 1.50. The highest BCUT2D eigenvalue weighted by Crippen LogP contribution is 2.19. The summed E-state index contributed by atoms with van der Waals surface area (Å²) in [6, 6.07) is -0.410. The summed E-state index contributed by atoms with van der Waals surface area (Å²) in [5, 5.41) is 12.9. The fourth-order valence-corrected chi connectivity index (χ4v) is 1.39. The van der Waals surface area contributed by atoms with Crippen LogP contribution >= 0.6 is 0 Å².